The van der Waals surface area contributed by atoms with Crippen LogP contribution in [0.25, 0.3) is 17.1 Å². The van der Waals surface area contributed by atoms with Crippen LogP contribution in [-0.4, -0.2) is 4.98 Å². The van der Waals surface area contributed by atoms with Crippen molar-refractivity contribution >= 4 is 16.7 Å². The molecular weight excluding hydrogens is 314 g/mol. The van der Waals surface area contributed by atoms with E-state index in [0.717, 1.165) is 23.0 Å². The van der Waals surface area contributed by atoms with E-state index in [0.29, 0.717) is 5.13 Å². The standard InChI is InChI=1S/C20H21N3S/c21-20-22-19(17-9-5-2-6-10-17)23(24-20)18-13-11-16(12-14-18)15-7-3-1-4-8-15/h2,5-6,9-15,21H,1,3-4,7-8H2/p+1. The summed E-state index contributed by atoms with van der Waals surface area (Å²) >= 11 is 1.49. The van der Waals surface area contributed by atoms with Crippen LogP contribution in [0.3, 0.4) is 0 Å². The van der Waals surface area contributed by atoms with E-state index in [1.165, 1.54) is 49.2 Å². The van der Waals surface area contributed by atoms with Gasteiger partial charge in [-0.25, -0.2) is 0 Å². The van der Waals surface area contributed by atoms with Crippen molar-refractivity contribution in [2.45, 2.75) is 38.0 Å². The summed E-state index contributed by atoms with van der Waals surface area (Å²) in [5.74, 6) is 1.64. The number of benzene rings is 2. The number of aromatic nitrogens is 2. The van der Waals surface area contributed by atoms with Gasteiger partial charge in [0.2, 0.25) is 0 Å². The predicted molar refractivity (Wildman–Crippen MR) is 99.3 cm³/mol. The molecule has 3 nitrogen and oxygen atoms in total. The summed E-state index contributed by atoms with van der Waals surface area (Å²) in [7, 11) is 0. The lowest BCUT2D eigenvalue weighted by Crippen LogP contribution is -2.28. The number of hydrogen-bond donors (Lipinski definition) is 1. The van der Waals surface area contributed by atoms with Crippen molar-refractivity contribution in [3.05, 3.63) is 60.2 Å². The van der Waals surface area contributed by atoms with E-state index in [9.17, 15) is 0 Å². The fourth-order valence-corrected chi connectivity index (χ4v) is 4.34. The number of hydrogen-bond acceptors (Lipinski definition) is 3. The molecule has 0 aliphatic heterocycles. The van der Waals surface area contributed by atoms with Crippen molar-refractivity contribution < 1.29 is 3.96 Å². The highest BCUT2D eigenvalue weighted by Crippen LogP contribution is 2.32. The average molecular weight is 336 g/mol. The molecule has 1 aliphatic carbocycles. The summed E-state index contributed by atoms with van der Waals surface area (Å²) in [4.78, 5) is 4.53. The Labute approximate surface area is 147 Å². The molecule has 1 fully saturated rings. The lowest BCUT2D eigenvalue weighted by atomic mass is 9.84. The fraction of sp³-hybridized carbons (Fsp3) is 0.300. The smallest absolute Gasteiger partial charge is 0.350 e. The van der Waals surface area contributed by atoms with Crippen LogP contribution in [0.4, 0.5) is 5.13 Å². The zero-order chi connectivity index (χ0) is 16.4. The zero-order valence-corrected chi connectivity index (χ0v) is 14.5. The van der Waals surface area contributed by atoms with Crippen LogP contribution in [0.1, 0.15) is 43.6 Å². The van der Waals surface area contributed by atoms with Crippen LogP contribution >= 0.6 is 11.5 Å². The summed E-state index contributed by atoms with van der Waals surface area (Å²) in [6.45, 7) is 0. The van der Waals surface area contributed by atoms with Gasteiger partial charge < -0.3 is 5.73 Å². The van der Waals surface area contributed by atoms with Crippen LogP contribution in [0.15, 0.2) is 54.6 Å². The molecule has 0 unspecified atom stereocenters. The van der Waals surface area contributed by atoms with Crippen molar-refractivity contribution in [2.24, 2.45) is 0 Å². The summed E-state index contributed by atoms with van der Waals surface area (Å²) in [6, 6.07) is 19.2. The van der Waals surface area contributed by atoms with E-state index in [-0.39, 0.29) is 0 Å². The SMILES string of the molecule is Nc1nc(-c2ccccc2)[n+](-c2ccc(C3CCCCC3)cc2)s1. The molecule has 1 aliphatic rings. The maximum atomic E-state index is 5.99. The Bertz CT molecular complexity index is 803. The van der Waals surface area contributed by atoms with Crippen molar-refractivity contribution in [1.29, 1.82) is 0 Å². The van der Waals surface area contributed by atoms with E-state index < -0.39 is 0 Å². The Hall–Kier alpha value is -2.20. The van der Waals surface area contributed by atoms with Gasteiger partial charge in [0, 0.05) is 0 Å². The first-order chi connectivity index (χ1) is 11.8. The maximum Gasteiger partial charge on any atom is 0.350 e. The van der Waals surface area contributed by atoms with Gasteiger partial charge in [-0.05, 0) is 53.6 Å². The van der Waals surface area contributed by atoms with Gasteiger partial charge in [0.1, 0.15) is 17.2 Å². The molecule has 0 atom stereocenters. The van der Waals surface area contributed by atoms with Crippen molar-refractivity contribution in [3.8, 4) is 17.1 Å². The van der Waals surface area contributed by atoms with E-state index >= 15 is 0 Å². The second-order valence-corrected chi connectivity index (χ2v) is 7.42. The number of rotatable bonds is 3. The minimum Gasteiger partial charge on any atom is -0.351 e. The van der Waals surface area contributed by atoms with Crippen molar-refractivity contribution in [1.82, 2.24) is 4.98 Å². The third-order valence-electron chi connectivity index (χ3n) is 4.83. The van der Waals surface area contributed by atoms with Gasteiger partial charge in [0.15, 0.2) is 0 Å². The van der Waals surface area contributed by atoms with Gasteiger partial charge in [-0.1, -0.05) is 49.6 Å². The molecule has 24 heavy (non-hydrogen) atoms. The lowest BCUT2D eigenvalue weighted by molar-refractivity contribution is -0.509. The minimum atomic E-state index is 0.588. The highest BCUT2D eigenvalue weighted by molar-refractivity contribution is 7.05. The average Bonchev–Trinajstić information content (AvgIpc) is 3.05. The van der Waals surface area contributed by atoms with Crippen molar-refractivity contribution in [3.63, 3.8) is 0 Å². The monoisotopic (exact) mass is 336 g/mol. The Balaban J connectivity index is 1.67. The first-order valence-electron chi connectivity index (χ1n) is 8.66. The molecule has 0 saturated heterocycles. The molecule has 1 saturated carbocycles. The molecular formula is C20H22N3S+. The van der Waals surface area contributed by atoms with Crippen LogP contribution in [0.2, 0.25) is 0 Å². The Morgan fingerprint density at radius 2 is 1.62 bits per heavy atom. The second kappa shape index (κ2) is 6.73. The van der Waals surface area contributed by atoms with Gasteiger partial charge in [-0.15, -0.1) is 3.96 Å². The molecule has 2 N–H and O–H groups in total. The molecule has 0 amide bonds. The van der Waals surface area contributed by atoms with E-state index in [1.54, 1.807) is 0 Å². The summed E-state index contributed by atoms with van der Waals surface area (Å²) < 4.78 is 2.12. The molecule has 4 rings (SSSR count). The molecule has 4 heteroatoms. The number of nitrogens with two attached hydrogens (primary N) is 1. The molecule has 0 spiro atoms. The summed E-state index contributed by atoms with van der Waals surface area (Å²) in [5.41, 5.74) is 9.67. The lowest BCUT2D eigenvalue weighted by Gasteiger charge is -2.21. The first kappa shape index (κ1) is 15.3. The highest BCUT2D eigenvalue weighted by atomic mass is 32.1. The molecule has 3 aromatic rings. The Morgan fingerprint density at radius 1 is 0.917 bits per heavy atom. The van der Waals surface area contributed by atoms with Crippen LogP contribution in [0, 0.1) is 0 Å². The van der Waals surface area contributed by atoms with Gasteiger partial charge in [-0.3, -0.25) is 0 Å². The normalized spacial score (nSPS) is 15.5. The topological polar surface area (TPSA) is 42.8 Å². The van der Waals surface area contributed by atoms with Crippen LogP contribution < -0.4 is 9.69 Å². The third kappa shape index (κ3) is 3.06. The second-order valence-electron chi connectivity index (χ2n) is 6.45. The molecule has 0 bridgehead atoms. The Kier molecular flexibility index (Phi) is 4.30. The largest absolute Gasteiger partial charge is 0.351 e. The van der Waals surface area contributed by atoms with Crippen molar-refractivity contribution in [2.75, 3.05) is 5.73 Å². The van der Waals surface area contributed by atoms with Gasteiger partial charge in [0.05, 0.1) is 5.56 Å². The summed E-state index contributed by atoms with van der Waals surface area (Å²) in [5, 5.41) is 0.588. The van der Waals surface area contributed by atoms with Gasteiger partial charge in [0.25, 0.3) is 0 Å². The highest BCUT2D eigenvalue weighted by Gasteiger charge is 2.23. The van der Waals surface area contributed by atoms with Gasteiger partial charge in [-0.2, -0.15) is 0 Å². The third-order valence-corrected chi connectivity index (χ3v) is 5.67. The fourth-order valence-electron chi connectivity index (χ4n) is 3.57. The minimum absolute atomic E-state index is 0.588. The van der Waals surface area contributed by atoms with E-state index in [2.05, 4.69) is 45.3 Å². The van der Waals surface area contributed by atoms with Crippen LogP contribution in [0.5, 0.6) is 0 Å². The molecule has 1 heterocycles. The number of nitrogen functional groups attached to an aromatic ring is 1. The van der Waals surface area contributed by atoms with Gasteiger partial charge >= 0.3 is 11.0 Å². The maximum absolute atomic E-state index is 5.99. The van der Waals surface area contributed by atoms with E-state index in [1.807, 2.05) is 18.2 Å². The molecule has 2 aromatic carbocycles. The Morgan fingerprint density at radius 3 is 2.33 bits per heavy atom. The van der Waals surface area contributed by atoms with E-state index in [4.69, 9.17) is 5.73 Å². The quantitative estimate of drug-likeness (QED) is 0.703. The molecule has 122 valence electrons. The first-order valence-corrected chi connectivity index (χ1v) is 9.43. The number of anilines is 1. The number of nitrogens with zero attached hydrogens (tertiary/aromatic N) is 2. The van der Waals surface area contributed by atoms with Crippen LogP contribution in [-0.2, 0) is 0 Å². The summed E-state index contributed by atoms with van der Waals surface area (Å²) in [6.07, 6.45) is 6.78. The zero-order valence-electron chi connectivity index (χ0n) is 13.7. The molecule has 1 aromatic heterocycles. The predicted octanol–water partition coefficient (Wildman–Crippen LogP) is 4.72. The molecule has 0 radical (unpaired) electrons.